The van der Waals surface area contributed by atoms with Crippen LogP contribution < -0.4 is 15.5 Å². The molecule has 0 radical (unpaired) electrons. The van der Waals surface area contributed by atoms with Gasteiger partial charge in [0, 0.05) is 38.1 Å². The lowest BCUT2D eigenvalue weighted by molar-refractivity contribution is 0.339. The standard InChI is InChI=1S/C36H39N5/c1-41(2)34-32-20-12-13-21-33(32)39-35(40-34)38-31-24-22-30(23-25-31)37-26-36(27-14-6-3-7-15-27,28-16-8-4-9-17-28)29-18-10-5-11-19-29/h3-21,30-31,37H,22-26H2,1-2H3,(H,38,39,40). The van der Waals surface area contributed by atoms with Crippen molar-refractivity contribution in [2.45, 2.75) is 43.2 Å². The smallest absolute Gasteiger partial charge is 0.225 e. The number of aromatic nitrogens is 2. The number of rotatable bonds is 9. The molecule has 2 N–H and O–H groups in total. The molecular formula is C36H39N5. The van der Waals surface area contributed by atoms with Crippen molar-refractivity contribution < 1.29 is 0 Å². The summed E-state index contributed by atoms with van der Waals surface area (Å²) >= 11 is 0. The molecule has 0 unspecified atom stereocenters. The summed E-state index contributed by atoms with van der Waals surface area (Å²) < 4.78 is 0. The van der Waals surface area contributed by atoms with Crippen molar-refractivity contribution >= 4 is 22.7 Å². The second-order valence-electron chi connectivity index (χ2n) is 11.4. The fourth-order valence-electron chi connectivity index (χ4n) is 6.36. The van der Waals surface area contributed by atoms with Crippen LogP contribution in [0.4, 0.5) is 11.8 Å². The van der Waals surface area contributed by atoms with Crippen molar-refractivity contribution in [2.24, 2.45) is 0 Å². The van der Waals surface area contributed by atoms with Crippen LogP contribution in [0.5, 0.6) is 0 Å². The minimum Gasteiger partial charge on any atom is -0.362 e. The lowest BCUT2D eigenvalue weighted by Crippen LogP contribution is -2.46. The van der Waals surface area contributed by atoms with Crippen LogP contribution in [0.2, 0.25) is 0 Å². The molecule has 41 heavy (non-hydrogen) atoms. The first-order chi connectivity index (χ1) is 20.1. The molecule has 0 bridgehead atoms. The Kier molecular flexibility index (Phi) is 7.97. The third-order valence-corrected chi connectivity index (χ3v) is 8.52. The summed E-state index contributed by atoms with van der Waals surface area (Å²) in [5.41, 5.74) is 4.63. The number of hydrogen-bond donors (Lipinski definition) is 2. The lowest BCUT2D eigenvalue weighted by atomic mass is 9.69. The fraction of sp³-hybridized carbons (Fsp3) is 0.278. The highest BCUT2D eigenvalue weighted by Crippen LogP contribution is 2.39. The van der Waals surface area contributed by atoms with E-state index in [0.29, 0.717) is 12.1 Å². The minimum absolute atomic E-state index is 0.277. The Morgan fingerprint density at radius 2 is 1.12 bits per heavy atom. The van der Waals surface area contributed by atoms with Gasteiger partial charge >= 0.3 is 0 Å². The zero-order valence-electron chi connectivity index (χ0n) is 24.0. The fourth-order valence-corrected chi connectivity index (χ4v) is 6.36. The van der Waals surface area contributed by atoms with E-state index in [4.69, 9.17) is 9.97 Å². The van der Waals surface area contributed by atoms with Crippen molar-refractivity contribution in [1.82, 2.24) is 15.3 Å². The first-order valence-electron chi connectivity index (χ1n) is 14.7. The van der Waals surface area contributed by atoms with E-state index in [1.807, 2.05) is 26.2 Å². The minimum atomic E-state index is -0.277. The van der Waals surface area contributed by atoms with Gasteiger partial charge in [0.1, 0.15) is 5.82 Å². The van der Waals surface area contributed by atoms with E-state index in [1.54, 1.807) is 0 Å². The SMILES string of the molecule is CN(C)c1nc(NC2CCC(NCC(c3ccccc3)(c3ccccc3)c3ccccc3)CC2)nc2ccccc12. The number of nitrogens with zero attached hydrogens (tertiary/aromatic N) is 3. The monoisotopic (exact) mass is 541 g/mol. The molecule has 0 atom stereocenters. The summed E-state index contributed by atoms with van der Waals surface area (Å²) in [6.07, 6.45) is 4.39. The number of anilines is 2. The maximum atomic E-state index is 4.87. The van der Waals surface area contributed by atoms with Crippen LogP contribution >= 0.6 is 0 Å². The van der Waals surface area contributed by atoms with E-state index in [2.05, 4.69) is 119 Å². The van der Waals surface area contributed by atoms with Crippen molar-refractivity contribution in [2.75, 3.05) is 30.9 Å². The van der Waals surface area contributed by atoms with Crippen LogP contribution in [0.3, 0.4) is 0 Å². The molecule has 5 aromatic rings. The second-order valence-corrected chi connectivity index (χ2v) is 11.4. The molecule has 0 aliphatic heterocycles. The van der Waals surface area contributed by atoms with Crippen LogP contribution in [0, 0.1) is 0 Å². The maximum absolute atomic E-state index is 4.87. The van der Waals surface area contributed by atoms with Crippen LogP contribution in [0.15, 0.2) is 115 Å². The molecule has 1 aliphatic rings. The van der Waals surface area contributed by atoms with Gasteiger partial charge in [-0.3, -0.25) is 0 Å². The lowest BCUT2D eigenvalue weighted by Gasteiger charge is -2.39. The number of para-hydroxylation sites is 1. The van der Waals surface area contributed by atoms with Crippen molar-refractivity contribution in [3.63, 3.8) is 0 Å². The number of nitrogens with one attached hydrogen (secondary N) is 2. The third kappa shape index (κ3) is 5.68. The largest absolute Gasteiger partial charge is 0.362 e. The average molecular weight is 542 g/mol. The first kappa shape index (κ1) is 27.0. The van der Waals surface area contributed by atoms with Gasteiger partial charge in [-0.25, -0.2) is 4.98 Å². The normalized spacial score (nSPS) is 17.3. The molecule has 6 rings (SSSR count). The highest BCUT2D eigenvalue weighted by molar-refractivity contribution is 5.90. The Bertz CT molecular complexity index is 1450. The highest BCUT2D eigenvalue weighted by Gasteiger charge is 2.37. The summed E-state index contributed by atoms with van der Waals surface area (Å²) in [5.74, 6) is 1.67. The summed E-state index contributed by atoms with van der Waals surface area (Å²) in [6, 6.07) is 41.9. The van der Waals surface area contributed by atoms with Crippen LogP contribution in [0.25, 0.3) is 10.9 Å². The van der Waals surface area contributed by atoms with E-state index in [-0.39, 0.29) is 5.41 Å². The molecule has 1 aromatic heterocycles. The van der Waals surface area contributed by atoms with Gasteiger partial charge in [0.05, 0.1) is 10.9 Å². The zero-order chi connectivity index (χ0) is 28.1. The molecule has 4 aromatic carbocycles. The summed E-state index contributed by atoms with van der Waals surface area (Å²) in [6.45, 7) is 0.841. The average Bonchev–Trinajstić information content (AvgIpc) is 3.03. The molecule has 1 saturated carbocycles. The molecule has 0 spiro atoms. The van der Waals surface area contributed by atoms with Crippen LogP contribution in [-0.2, 0) is 5.41 Å². The van der Waals surface area contributed by atoms with E-state index in [1.165, 1.54) is 16.7 Å². The summed E-state index contributed by atoms with van der Waals surface area (Å²) in [5, 5.41) is 8.77. The van der Waals surface area contributed by atoms with Gasteiger partial charge in [0.25, 0.3) is 0 Å². The molecule has 5 nitrogen and oxygen atoms in total. The van der Waals surface area contributed by atoms with Gasteiger partial charge in [0.2, 0.25) is 5.95 Å². The topological polar surface area (TPSA) is 53.1 Å². The Hall–Kier alpha value is -4.22. The predicted octanol–water partition coefficient (Wildman–Crippen LogP) is 7.04. The van der Waals surface area contributed by atoms with Gasteiger partial charge in [-0.15, -0.1) is 0 Å². The molecule has 5 heteroatoms. The number of fused-ring (bicyclic) bond motifs is 1. The van der Waals surface area contributed by atoms with Gasteiger partial charge in [-0.05, 0) is 54.5 Å². The Balaban J connectivity index is 1.19. The van der Waals surface area contributed by atoms with Gasteiger partial charge in [0.15, 0.2) is 0 Å². The van der Waals surface area contributed by atoms with Crippen molar-refractivity contribution in [3.05, 3.63) is 132 Å². The first-order valence-corrected chi connectivity index (χ1v) is 14.7. The van der Waals surface area contributed by atoms with Gasteiger partial charge in [-0.2, -0.15) is 4.98 Å². The zero-order valence-corrected chi connectivity index (χ0v) is 24.0. The van der Waals surface area contributed by atoms with Crippen LogP contribution in [-0.4, -0.2) is 42.7 Å². The van der Waals surface area contributed by atoms with E-state index < -0.39 is 0 Å². The maximum Gasteiger partial charge on any atom is 0.225 e. The predicted molar refractivity (Wildman–Crippen MR) is 171 cm³/mol. The number of benzene rings is 4. The second kappa shape index (κ2) is 12.1. The van der Waals surface area contributed by atoms with E-state index >= 15 is 0 Å². The van der Waals surface area contributed by atoms with E-state index in [9.17, 15) is 0 Å². The Morgan fingerprint density at radius 1 is 0.634 bits per heavy atom. The summed E-state index contributed by atoms with van der Waals surface area (Å²) in [4.78, 5) is 11.8. The molecule has 1 heterocycles. The quantitative estimate of drug-likeness (QED) is 0.196. The molecule has 208 valence electrons. The van der Waals surface area contributed by atoms with Crippen molar-refractivity contribution in [3.8, 4) is 0 Å². The van der Waals surface area contributed by atoms with Crippen molar-refractivity contribution in [1.29, 1.82) is 0 Å². The van der Waals surface area contributed by atoms with Gasteiger partial charge < -0.3 is 15.5 Å². The van der Waals surface area contributed by atoms with Gasteiger partial charge in [-0.1, -0.05) is 103 Å². The number of hydrogen-bond acceptors (Lipinski definition) is 5. The molecule has 0 saturated heterocycles. The van der Waals surface area contributed by atoms with Crippen LogP contribution in [0.1, 0.15) is 42.4 Å². The molecule has 1 fully saturated rings. The molecular weight excluding hydrogens is 502 g/mol. The third-order valence-electron chi connectivity index (χ3n) is 8.52. The molecule has 0 amide bonds. The Labute approximate surface area is 243 Å². The molecule has 1 aliphatic carbocycles. The summed E-state index contributed by atoms with van der Waals surface area (Å²) in [7, 11) is 4.07. The van der Waals surface area contributed by atoms with E-state index in [0.717, 1.165) is 54.9 Å². The Morgan fingerprint density at radius 3 is 1.66 bits per heavy atom. The highest BCUT2D eigenvalue weighted by atomic mass is 15.2.